The predicted molar refractivity (Wildman–Crippen MR) is 83.2 cm³/mol. The van der Waals surface area contributed by atoms with Crippen molar-refractivity contribution in [3.8, 4) is 17.5 Å². The van der Waals surface area contributed by atoms with Gasteiger partial charge in [0.05, 0.1) is 12.1 Å². The Morgan fingerprint density at radius 2 is 1.81 bits per heavy atom. The summed E-state index contributed by atoms with van der Waals surface area (Å²) in [5.74, 6) is 0.965. The lowest BCUT2D eigenvalue weighted by atomic mass is 9.87. The van der Waals surface area contributed by atoms with E-state index in [9.17, 15) is 0 Å². The second-order valence-electron chi connectivity index (χ2n) is 5.60. The second-order valence-corrected chi connectivity index (χ2v) is 6.01. The summed E-state index contributed by atoms with van der Waals surface area (Å²) in [5.41, 5.74) is 7.24. The number of rotatable bonds is 3. The molecule has 0 aliphatic heterocycles. The molecular formula is C15H18ClN3O2. The molecule has 1 aromatic heterocycles. The van der Waals surface area contributed by atoms with Gasteiger partial charge in [0, 0.05) is 0 Å². The Kier molecular flexibility index (Phi) is 4.23. The molecule has 0 unspecified atom stereocenters. The maximum atomic E-state index is 6.27. The highest BCUT2D eigenvalue weighted by Gasteiger charge is 2.17. The number of ether oxygens (including phenoxy) is 2. The van der Waals surface area contributed by atoms with Crippen LogP contribution in [0.1, 0.15) is 26.3 Å². The van der Waals surface area contributed by atoms with Crippen LogP contribution in [0.5, 0.6) is 17.5 Å². The summed E-state index contributed by atoms with van der Waals surface area (Å²) in [5, 5.41) is 0.499. The van der Waals surface area contributed by atoms with Crippen LogP contribution in [-0.2, 0) is 5.41 Å². The van der Waals surface area contributed by atoms with Gasteiger partial charge in [0.25, 0.3) is 0 Å². The highest BCUT2D eigenvalue weighted by atomic mass is 35.5. The van der Waals surface area contributed by atoms with Crippen LogP contribution in [0.25, 0.3) is 0 Å². The molecule has 0 saturated carbocycles. The van der Waals surface area contributed by atoms with Gasteiger partial charge in [-0.2, -0.15) is 9.97 Å². The monoisotopic (exact) mass is 307 g/mol. The number of methoxy groups -OCH3 is 1. The maximum absolute atomic E-state index is 6.27. The highest BCUT2D eigenvalue weighted by molar-refractivity contribution is 6.32. The van der Waals surface area contributed by atoms with Gasteiger partial charge in [-0.25, -0.2) is 0 Å². The molecule has 0 spiro atoms. The molecule has 21 heavy (non-hydrogen) atoms. The van der Waals surface area contributed by atoms with Crippen LogP contribution in [0, 0.1) is 0 Å². The third kappa shape index (κ3) is 3.36. The Balaban J connectivity index is 2.33. The third-order valence-corrected chi connectivity index (χ3v) is 3.30. The molecule has 0 aliphatic rings. The first kappa shape index (κ1) is 15.4. The average molecular weight is 308 g/mol. The molecule has 1 aromatic carbocycles. The van der Waals surface area contributed by atoms with Gasteiger partial charge in [0.1, 0.15) is 12.1 Å². The molecule has 0 aliphatic carbocycles. The summed E-state index contributed by atoms with van der Waals surface area (Å²) in [4.78, 5) is 7.89. The SMILES string of the molecule is COc1ncnc(Oc2ccc(C(C)(C)C)cc2Cl)c1N. The van der Waals surface area contributed by atoms with Crippen molar-refractivity contribution in [2.24, 2.45) is 0 Å². The molecule has 112 valence electrons. The summed E-state index contributed by atoms with van der Waals surface area (Å²) < 4.78 is 10.7. The Morgan fingerprint density at radius 1 is 1.14 bits per heavy atom. The van der Waals surface area contributed by atoms with Crippen molar-refractivity contribution in [3.63, 3.8) is 0 Å². The van der Waals surface area contributed by atoms with Gasteiger partial charge in [-0.05, 0) is 23.1 Å². The first-order chi connectivity index (χ1) is 9.82. The Labute approximate surface area is 129 Å². The maximum Gasteiger partial charge on any atom is 0.249 e. The lowest BCUT2D eigenvalue weighted by Crippen LogP contribution is -2.10. The Bertz CT molecular complexity index is 654. The van der Waals surface area contributed by atoms with Crippen LogP contribution in [0.2, 0.25) is 5.02 Å². The fraction of sp³-hybridized carbons (Fsp3) is 0.333. The quantitative estimate of drug-likeness (QED) is 0.933. The summed E-state index contributed by atoms with van der Waals surface area (Å²) in [6, 6.07) is 5.65. The summed E-state index contributed by atoms with van der Waals surface area (Å²) in [6.45, 7) is 6.35. The van der Waals surface area contributed by atoms with E-state index in [1.165, 1.54) is 13.4 Å². The second kappa shape index (κ2) is 5.77. The van der Waals surface area contributed by atoms with E-state index in [1.807, 2.05) is 12.1 Å². The molecule has 0 amide bonds. The number of halogens is 1. The number of anilines is 1. The fourth-order valence-electron chi connectivity index (χ4n) is 1.76. The van der Waals surface area contributed by atoms with Crippen molar-refractivity contribution < 1.29 is 9.47 Å². The van der Waals surface area contributed by atoms with Crippen molar-refractivity contribution in [1.29, 1.82) is 0 Å². The van der Waals surface area contributed by atoms with Crippen LogP contribution in [0.3, 0.4) is 0 Å². The first-order valence-corrected chi connectivity index (χ1v) is 6.83. The molecule has 6 heteroatoms. The van der Waals surface area contributed by atoms with E-state index < -0.39 is 0 Å². The zero-order valence-corrected chi connectivity index (χ0v) is 13.2. The number of hydrogen-bond acceptors (Lipinski definition) is 5. The zero-order valence-electron chi connectivity index (χ0n) is 12.5. The van der Waals surface area contributed by atoms with Crippen LogP contribution < -0.4 is 15.2 Å². The number of aromatic nitrogens is 2. The standard InChI is InChI=1S/C15H18ClN3O2/c1-15(2,3)9-5-6-11(10(16)7-9)21-14-12(17)13(20-4)18-8-19-14/h5-8H,17H2,1-4H3. The average Bonchev–Trinajstić information content (AvgIpc) is 2.42. The third-order valence-electron chi connectivity index (χ3n) is 3.01. The Morgan fingerprint density at radius 3 is 2.38 bits per heavy atom. The number of hydrogen-bond donors (Lipinski definition) is 1. The van der Waals surface area contributed by atoms with Gasteiger partial charge in [-0.1, -0.05) is 38.4 Å². The van der Waals surface area contributed by atoms with E-state index in [1.54, 1.807) is 6.07 Å². The molecule has 2 N–H and O–H groups in total. The fourth-order valence-corrected chi connectivity index (χ4v) is 1.98. The van der Waals surface area contributed by atoms with Gasteiger partial charge in [0.15, 0.2) is 5.69 Å². The molecule has 2 aromatic rings. The van der Waals surface area contributed by atoms with Gasteiger partial charge >= 0.3 is 0 Å². The van der Waals surface area contributed by atoms with Crippen LogP contribution >= 0.6 is 11.6 Å². The smallest absolute Gasteiger partial charge is 0.249 e. The molecule has 0 radical (unpaired) electrons. The molecule has 0 bridgehead atoms. The molecule has 0 fully saturated rings. The van der Waals surface area contributed by atoms with Gasteiger partial charge in [0.2, 0.25) is 11.8 Å². The van der Waals surface area contributed by atoms with E-state index in [4.69, 9.17) is 26.8 Å². The van der Waals surface area contributed by atoms with Gasteiger partial charge < -0.3 is 15.2 Å². The largest absolute Gasteiger partial charge is 0.479 e. The van der Waals surface area contributed by atoms with E-state index in [0.29, 0.717) is 10.8 Å². The zero-order chi connectivity index (χ0) is 15.6. The lowest BCUT2D eigenvalue weighted by molar-refractivity contribution is 0.391. The number of nitrogen functional groups attached to an aromatic ring is 1. The first-order valence-electron chi connectivity index (χ1n) is 6.45. The molecule has 5 nitrogen and oxygen atoms in total. The van der Waals surface area contributed by atoms with E-state index >= 15 is 0 Å². The molecule has 0 saturated heterocycles. The summed E-state index contributed by atoms with van der Waals surface area (Å²) in [7, 11) is 1.48. The van der Waals surface area contributed by atoms with Crippen molar-refractivity contribution >= 4 is 17.3 Å². The number of nitrogens with two attached hydrogens (primary N) is 1. The van der Waals surface area contributed by atoms with E-state index in [0.717, 1.165) is 5.56 Å². The normalized spacial score (nSPS) is 11.3. The molecular weight excluding hydrogens is 290 g/mol. The van der Waals surface area contributed by atoms with Crippen molar-refractivity contribution in [1.82, 2.24) is 9.97 Å². The molecule has 2 rings (SSSR count). The summed E-state index contributed by atoms with van der Waals surface area (Å²) in [6.07, 6.45) is 1.32. The van der Waals surface area contributed by atoms with E-state index in [2.05, 4.69) is 30.7 Å². The topological polar surface area (TPSA) is 70.3 Å². The van der Waals surface area contributed by atoms with Gasteiger partial charge in [-0.3, -0.25) is 0 Å². The number of nitrogens with zero attached hydrogens (tertiary/aromatic N) is 2. The lowest BCUT2D eigenvalue weighted by Gasteiger charge is -2.20. The number of benzene rings is 1. The highest BCUT2D eigenvalue weighted by Crippen LogP contribution is 2.36. The summed E-state index contributed by atoms with van der Waals surface area (Å²) >= 11 is 6.27. The minimum atomic E-state index is 0.0132. The predicted octanol–water partition coefficient (Wildman–Crippen LogP) is 3.81. The van der Waals surface area contributed by atoms with Crippen molar-refractivity contribution in [3.05, 3.63) is 35.1 Å². The van der Waals surface area contributed by atoms with Crippen LogP contribution in [0.15, 0.2) is 24.5 Å². The van der Waals surface area contributed by atoms with Crippen LogP contribution in [0.4, 0.5) is 5.69 Å². The minimum absolute atomic E-state index is 0.0132. The Hall–Kier alpha value is -2.01. The van der Waals surface area contributed by atoms with Crippen LogP contribution in [-0.4, -0.2) is 17.1 Å². The van der Waals surface area contributed by atoms with Gasteiger partial charge in [-0.15, -0.1) is 0 Å². The minimum Gasteiger partial charge on any atom is -0.479 e. The van der Waals surface area contributed by atoms with Crippen molar-refractivity contribution in [2.75, 3.05) is 12.8 Å². The van der Waals surface area contributed by atoms with Crippen molar-refractivity contribution in [2.45, 2.75) is 26.2 Å². The van der Waals surface area contributed by atoms with E-state index in [-0.39, 0.29) is 22.9 Å². The molecule has 0 atom stereocenters. The molecule has 1 heterocycles.